The van der Waals surface area contributed by atoms with Crippen molar-refractivity contribution in [2.45, 2.75) is 26.2 Å². The number of nitrogens with zero attached hydrogens (tertiary/aromatic N) is 1. The van der Waals surface area contributed by atoms with Crippen LogP contribution in [0.5, 0.6) is 11.5 Å². The summed E-state index contributed by atoms with van der Waals surface area (Å²) in [5.74, 6) is 1.75. The van der Waals surface area contributed by atoms with Gasteiger partial charge in [-0.05, 0) is 37.1 Å². The number of phenols is 1. The molecule has 1 unspecified atom stereocenters. The summed E-state index contributed by atoms with van der Waals surface area (Å²) in [6, 6.07) is 5.55. The predicted molar refractivity (Wildman–Crippen MR) is 70.4 cm³/mol. The first-order valence-electron chi connectivity index (χ1n) is 5.66. The zero-order chi connectivity index (χ0) is 12.7. The molecule has 92 valence electrons. The number of benzene rings is 1. The predicted octanol–water partition coefficient (Wildman–Crippen LogP) is 3.50. The molecule has 0 saturated carbocycles. The number of thioether (sulfide) groups is 1. The van der Waals surface area contributed by atoms with Gasteiger partial charge in [-0.25, -0.2) is 0 Å². The molecule has 1 atom stereocenters. The fraction of sp³-hybridized carbons (Fsp3) is 0.462. The van der Waals surface area contributed by atoms with E-state index in [9.17, 15) is 5.11 Å². The zero-order valence-corrected chi connectivity index (χ0v) is 11.0. The highest BCUT2D eigenvalue weighted by atomic mass is 32.2. The molecule has 0 aliphatic heterocycles. The van der Waals surface area contributed by atoms with E-state index in [1.54, 1.807) is 6.07 Å². The molecule has 0 heterocycles. The Morgan fingerprint density at radius 1 is 1.53 bits per heavy atom. The van der Waals surface area contributed by atoms with E-state index in [1.807, 2.05) is 26.0 Å². The molecule has 1 aromatic carbocycles. The summed E-state index contributed by atoms with van der Waals surface area (Å²) in [4.78, 5) is 0. The highest BCUT2D eigenvalue weighted by Crippen LogP contribution is 2.36. The molecule has 0 radical (unpaired) electrons. The van der Waals surface area contributed by atoms with Crippen molar-refractivity contribution in [1.82, 2.24) is 0 Å². The summed E-state index contributed by atoms with van der Waals surface area (Å²) in [7, 11) is 0. The van der Waals surface area contributed by atoms with Crippen molar-refractivity contribution in [2.24, 2.45) is 0 Å². The van der Waals surface area contributed by atoms with Crippen LogP contribution in [-0.2, 0) is 0 Å². The van der Waals surface area contributed by atoms with Crippen LogP contribution in [0.1, 0.15) is 31.7 Å². The Bertz CT molecular complexity index is 401. The summed E-state index contributed by atoms with van der Waals surface area (Å²) in [6.07, 6.45) is 0.862. The van der Waals surface area contributed by atoms with E-state index in [1.165, 1.54) is 11.8 Å². The van der Waals surface area contributed by atoms with Gasteiger partial charge in [-0.15, -0.1) is 0 Å². The number of ether oxygens (including phenoxy) is 1. The highest BCUT2D eigenvalue weighted by molar-refractivity contribution is 8.03. The molecular weight excluding hydrogens is 234 g/mol. The largest absolute Gasteiger partial charge is 0.504 e. The number of para-hydroxylation sites is 1. The molecule has 0 spiro atoms. The van der Waals surface area contributed by atoms with Crippen LogP contribution < -0.4 is 4.74 Å². The fourth-order valence-electron chi connectivity index (χ4n) is 1.65. The van der Waals surface area contributed by atoms with Crippen molar-refractivity contribution >= 4 is 11.8 Å². The van der Waals surface area contributed by atoms with Crippen LogP contribution in [0.25, 0.3) is 0 Å². The maximum Gasteiger partial charge on any atom is 0.161 e. The van der Waals surface area contributed by atoms with Gasteiger partial charge in [0.15, 0.2) is 11.5 Å². The van der Waals surface area contributed by atoms with Gasteiger partial charge in [0.2, 0.25) is 0 Å². The number of hydrogen-bond acceptors (Lipinski definition) is 4. The lowest BCUT2D eigenvalue weighted by molar-refractivity contribution is 0.316. The number of nitriles is 1. The molecule has 0 amide bonds. The number of hydrogen-bond donors (Lipinski definition) is 1. The maximum absolute atomic E-state index is 10.1. The molecule has 1 N–H and O–H groups in total. The van der Waals surface area contributed by atoms with Crippen LogP contribution in [-0.4, -0.2) is 17.5 Å². The van der Waals surface area contributed by atoms with Crippen LogP contribution in [0.2, 0.25) is 0 Å². The average molecular weight is 251 g/mol. The molecule has 0 saturated heterocycles. The van der Waals surface area contributed by atoms with Crippen LogP contribution in [0.4, 0.5) is 0 Å². The van der Waals surface area contributed by atoms with Gasteiger partial charge in [-0.3, -0.25) is 0 Å². The second kappa shape index (κ2) is 7.08. The van der Waals surface area contributed by atoms with Crippen molar-refractivity contribution in [3.05, 3.63) is 23.8 Å². The molecule has 0 aliphatic rings. The minimum atomic E-state index is 0.219. The zero-order valence-electron chi connectivity index (χ0n) is 10.1. The van der Waals surface area contributed by atoms with E-state index in [-0.39, 0.29) is 11.7 Å². The standard InChI is InChI=1S/C13H17NO2S/c1-3-16-12-6-4-5-11(13(12)15)10(2)7-8-17-9-14/h4-6,10,15H,3,7-8H2,1-2H3. The Morgan fingerprint density at radius 3 is 2.94 bits per heavy atom. The lowest BCUT2D eigenvalue weighted by Gasteiger charge is -2.15. The van der Waals surface area contributed by atoms with Gasteiger partial charge in [0.05, 0.1) is 6.61 Å². The van der Waals surface area contributed by atoms with E-state index < -0.39 is 0 Å². The van der Waals surface area contributed by atoms with Crippen molar-refractivity contribution in [3.8, 4) is 16.9 Å². The molecule has 3 nitrogen and oxygen atoms in total. The minimum absolute atomic E-state index is 0.219. The fourth-order valence-corrected chi connectivity index (χ4v) is 2.21. The Balaban J connectivity index is 2.76. The lowest BCUT2D eigenvalue weighted by atomic mass is 9.97. The second-order valence-electron chi connectivity index (χ2n) is 3.76. The quantitative estimate of drug-likeness (QED) is 0.621. The smallest absolute Gasteiger partial charge is 0.161 e. The molecule has 1 rings (SSSR count). The van der Waals surface area contributed by atoms with Crippen LogP contribution in [0.3, 0.4) is 0 Å². The van der Waals surface area contributed by atoms with Gasteiger partial charge in [0, 0.05) is 11.3 Å². The summed E-state index contributed by atoms with van der Waals surface area (Å²) in [6.45, 7) is 4.47. The summed E-state index contributed by atoms with van der Waals surface area (Å²) in [5.41, 5.74) is 0.884. The molecule has 4 heteroatoms. The van der Waals surface area contributed by atoms with Crippen LogP contribution in [0.15, 0.2) is 18.2 Å². The highest BCUT2D eigenvalue weighted by Gasteiger charge is 2.13. The maximum atomic E-state index is 10.1. The minimum Gasteiger partial charge on any atom is -0.504 e. The van der Waals surface area contributed by atoms with E-state index in [4.69, 9.17) is 10.00 Å². The molecular formula is C13H17NO2S. The van der Waals surface area contributed by atoms with Crippen molar-refractivity contribution in [2.75, 3.05) is 12.4 Å². The van der Waals surface area contributed by atoms with Crippen molar-refractivity contribution in [1.29, 1.82) is 5.26 Å². The Morgan fingerprint density at radius 2 is 2.29 bits per heavy atom. The van der Waals surface area contributed by atoms with Gasteiger partial charge < -0.3 is 9.84 Å². The van der Waals surface area contributed by atoms with E-state index >= 15 is 0 Å². The van der Waals surface area contributed by atoms with E-state index in [2.05, 4.69) is 5.40 Å². The summed E-state index contributed by atoms with van der Waals surface area (Å²) in [5, 5.41) is 20.6. The first-order chi connectivity index (χ1) is 8.20. The molecule has 0 fully saturated rings. The number of phenolic OH excluding ortho intramolecular Hbond substituents is 1. The topological polar surface area (TPSA) is 53.2 Å². The van der Waals surface area contributed by atoms with E-state index in [0.29, 0.717) is 12.4 Å². The molecule has 0 aliphatic carbocycles. The van der Waals surface area contributed by atoms with Crippen molar-refractivity contribution in [3.63, 3.8) is 0 Å². The van der Waals surface area contributed by atoms with Gasteiger partial charge in [-0.1, -0.05) is 19.1 Å². The normalized spacial score (nSPS) is 11.8. The third-order valence-corrected chi connectivity index (χ3v) is 3.15. The van der Waals surface area contributed by atoms with Crippen LogP contribution in [0, 0.1) is 10.7 Å². The number of thiocyanates is 1. The molecule has 0 bridgehead atoms. The summed E-state index contributed by atoms with van der Waals surface area (Å²) >= 11 is 1.24. The van der Waals surface area contributed by atoms with Gasteiger partial charge in [0.1, 0.15) is 5.40 Å². The summed E-state index contributed by atoms with van der Waals surface area (Å²) < 4.78 is 5.35. The Labute approximate surface area is 106 Å². The number of aromatic hydroxyl groups is 1. The molecule has 0 aromatic heterocycles. The Kier molecular flexibility index (Phi) is 5.71. The Hall–Kier alpha value is -1.34. The third-order valence-electron chi connectivity index (χ3n) is 2.58. The second-order valence-corrected chi connectivity index (χ2v) is 4.64. The molecule has 17 heavy (non-hydrogen) atoms. The van der Waals surface area contributed by atoms with Gasteiger partial charge in [0.25, 0.3) is 0 Å². The lowest BCUT2D eigenvalue weighted by Crippen LogP contribution is -1.98. The first kappa shape index (κ1) is 13.7. The van der Waals surface area contributed by atoms with Crippen LogP contribution >= 0.6 is 11.8 Å². The average Bonchev–Trinajstić information content (AvgIpc) is 2.32. The first-order valence-corrected chi connectivity index (χ1v) is 6.64. The monoisotopic (exact) mass is 251 g/mol. The SMILES string of the molecule is CCOc1cccc(C(C)CCSC#N)c1O. The van der Waals surface area contributed by atoms with E-state index in [0.717, 1.165) is 17.7 Å². The van der Waals surface area contributed by atoms with Crippen molar-refractivity contribution < 1.29 is 9.84 Å². The molecule has 1 aromatic rings. The van der Waals surface area contributed by atoms with Gasteiger partial charge in [-0.2, -0.15) is 5.26 Å². The third kappa shape index (κ3) is 3.86. The van der Waals surface area contributed by atoms with Gasteiger partial charge >= 0.3 is 0 Å². The number of rotatable bonds is 6.